The number of nitrogens with one attached hydrogen (secondary N) is 2. The van der Waals surface area contributed by atoms with E-state index in [4.69, 9.17) is 0 Å². The van der Waals surface area contributed by atoms with Crippen LogP contribution in [-0.2, 0) is 9.59 Å². The first-order chi connectivity index (χ1) is 18.4. The molecule has 0 unspecified atom stereocenters. The third-order valence-electron chi connectivity index (χ3n) is 5.61. The van der Waals surface area contributed by atoms with Crippen LogP contribution < -0.4 is 15.5 Å². The number of imide groups is 1. The Morgan fingerprint density at radius 1 is 0.684 bits per heavy atom. The van der Waals surface area contributed by atoms with Crippen LogP contribution in [0.25, 0.3) is 0 Å². The maximum Gasteiger partial charge on any atom is 0.283 e. The molecule has 4 aromatic carbocycles. The Kier molecular flexibility index (Phi) is 7.01. The monoisotopic (exact) mass is 527 g/mol. The summed E-state index contributed by atoms with van der Waals surface area (Å²) in [5.41, 5.74) is 1.72. The van der Waals surface area contributed by atoms with Crippen molar-refractivity contribution in [1.29, 1.82) is 0 Å². The van der Waals surface area contributed by atoms with Crippen LogP contribution in [0.15, 0.2) is 119 Å². The lowest BCUT2D eigenvalue weighted by atomic mass is 10.2. The second-order valence-corrected chi connectivity index (χ2v) is 9.29. The highest BCUT2D eigenvalue weighted by molar-refractivity contribution is 8.04. The Hall–Kier alpha value is -4.76. The topological polar surface area (TPSA) is 78.5 Å². The van der Waals surface area contributed by atoms with E-state index in [0.717, 1.165) is 28.8 Å². The summed E-state index contributed by atoms with van der Waals surface area (Å²) >= 11 is 1.06. The van der Waals surface area contributed by atoms with Crippen LogP contribution in [0.4, 0.5) is 25.8 Å². The Morgan fingerprint density at radius 2 is 1.26 bits per heavy atom. The number of hydrogen-bond acceptors (Lipinski definition) is 5. The first-order valence-electron chi connectivity index (χ1n) is 11.4. The summed E-state index contributed by atoms with van der Waals surface area (Å²) in [7, 11) is 0. The zero-order chi connectivity index (χ0) is 26.6. The Balaban J connectivity index is 1.41. The fourth-order valence-electron chi connectivity index (χ4n) is 3.73. The van der Waals surface area contributed by atoms with Gasteiger partial charge in [0.1, 0.15) is 22.2 Å². The molecule has 1 aliphatic rings. The molecule has 3 amide bonds. The summed E-state index contributed by atoms with van der Waals surface area (Å²) in [6.07, 6.45) is 0. The number of rotatable bonds is 7. The van der Waals surface area contributed by atoms with Gasteiger partial charge in [-0.2, -0.15) is 0 Å². The van der Waals surface area contributed by atoms with Gasteiger partial charge in [-0.15, -0.1) is 0 Å². The minimum atomic E-state index is -0.625. The summed E-state index contributed by atoms with van der Waals surface area (Å²) in [5, 5.41) is 5.75. The second kappa shape index (κ2) is 10.7. The highest BCUT2D eigenvalue weighted by Crippen LogP contribution is 2.38. The second-order valence-electron chi connectivity index (χ2n) is 8.20. The van der Waals surface area contributed by atoms with E-state index in [1.54, 1.807) is 48.5 Å². The molecule has 0 saturated heterocycles. The molecule has 188 valence electrons. The highest BCUT2D eigenvalue weighted by atomic mass is 32.2. The van der Waals surface area contributed by atoms with Crippen molar-refractivity contribution in [2.75, 3.05) is 15.5 Å². The molecule has 0 fully saturated rings. The fourth-order valence-corrected chi connectivity index (χ4v) is 4.66. The van der Waals surface area contributed by atoms with Crippen LogP contribution >= 0.6 is 11.8 Å². The lowest BCUT2D eigenvalue weighted by molar-refractivity contribution is -0.120. The van der Waals surface area contributed by atoms with Crippen molar-refractivity contribution in [1.82, 2.24) is 0 Å². The molecule has 0 radical (unpaired) electrons. The van der Waals surface area contributed by atoms with Gasteiger partial charge < -0.3 is 10.6 Å². The van der Waals surface area contributed by atoms with E-state index in [1.807, 2.05) is 6.07 Å². The molecular weight excluding hydrogens is 508 g/mol. The molecule has 38 heavy (non-hydrogen) atoms. The van der Waals surface area contributed by atoms with Gasteiger partial charge in [0.15, 0.2) is 0 Å². The molecule has 0 bridgehead atoms. The number of carbonyl (C=O) groups is 3. The molecule has 1 aliphatic heterocycles. The lowest BCUT2D eigenvalue weighted by Crippen LogP contribution is -2.32. The summed E-state index contributed by atoms with van der Waals surface area (Å²) in [6.45, 7) is 0. The van der Waals surface area contributed by atoms with Crippen LogP contribution in [0.2, 0.25) is 0 Å². The zero-order valence-corrected chi connectivity index (χ0v) is 20.5. The van der Waals surface area contributed by atoms with E-state index < -0.39 is 23.4 Å². The molecule has 4 aromatic rings. The molecule has 0 atom stereocenters. The van der Waals surface area contributed by atoms with Crippen molar-refractivity contribution in [3.8, 4) is 0 Å². The quantitative estimate of drug-likeness (QED) is 0.280. The minimum absolute atomic E-state index is 0.0115. The third kappa shape index (κ3) is 5.33. The summed E-state index contributed by atoms with van der Waals surface area (Å²) in [5.74, 6) is -2.41. The van der Waals surface area contributed by atoms with Crippen molar-refractivity contribution in [3.63, 3.8) is 0 Å². The molecule has 0 aromatic heterocycles. The number of benzene rings is 4. The number of carbonyl (C=O) groups excluding carboxylic acids is 3. The van der Waals surface area contributed by atoms with Gasteiger partial charge in [-0.05, 0) is 84.9 Å². The van der Waals surface area contributed by atoms with E-state index in [9.17, 15) is 23.2 Å². The van der Waals surface area contributed by atoms with Crippen LogP contribution in [0.1, 0.15) is 10.4 Å². The first kappa shape index (κ1) is 24.9. The van der Waals surface area contributed by atoms with Crippen molar-refractivity contribution >= 4 is 46.5 Å². The maximum absolute atomic E-state index is 13.5. The Labute approximate surface area is 221 Å². The minimum Gasteiger partial charge on any atom is -0.350 e. The van der Waals surface area contributed by atoms with Crippen molar-refractivity contribution < 1.29 is 23.2 Å². The molecule has 0 saturated carbocycles. The fraction of sp³-hybridized carbons (Fsp3) is 0. The van der Waals surface area contributed by atoms with Gasteiger partial charge in [0.05, 0.1) is 5.69 Å². The average Bonchev–Trinajstić information content (AvgIpc) is 3.16. The number of amides is 3. The SMILES string of the molecule is O=C(Nc1ccc(SC2=C(Nc3ccc(F)cc3)C(=O)N(c3ccc(F)cc3)C2=O)cc1)c1ccccc1. The standard InChI is InChI=1S/C29H19F2N3O3S/c30-19-6-10-21(11-7-19)32-25-26(29(37)34(28(25)36)23-14-8-20(31)9-15-23)38-24-16-12-22(13-17-24)33-27(35)18-4-2-1-3-5-18/h1-17,32H,(H,33,35). The number of hydrogen-bond donors (Lipinski definition) is 2. The Morgan fingerprint density at radius 3 is 1.89 bits per heavy atom. The predicted molar refractivity (Wildman–Crippen MR) is 143 cm³/mol. The normalized spacial score (nSPS) is 13.2. The first-order valence-corrected chi connectivity index (χ1v) is 12.3. The lowest BCUT2D eigenvalue weighted by Gasteiger charge is -2.15. The maximum atomic E-state index is 13.5. The van der Waals surface area contributed by atoms with E-state index in [2.05, 4.69) is 10.6 Å². The summed E-state index contributed by atoms with van der Waals surface area (Å²) in [4.78, 5) is 40.9. The number of halogens is 2. The number of nitrogens with zero attached hydrogens (tertiary/aromatic N) is 1. The molecular formula is C29H19F2N3O3S. The van der Waals surface area contributed by atoms with Crippen LogP contribution in [0, 0.1) is 11.6 Å². The van der Waals surface area contributed by atoms with E-state index >= 15 is 0 Å². The van der Waals surface area contributed by atoms with Crippen molar-refractivity contribution in [2.24, 2.45) is 0 Å². The van der Waals surface area contributed by atoms with Gasteiger partial charge in [0, 0.05) is 21.8 Å². The van der Waals surface area contributed by atoms with Gasteiger partial charge in [0.25, 0.3) is 17.7 Å². The zero-order valence-electron chi connectivity index (χ0n) is 19.7. The predicted octanol–water partition coefficient (Wildman–Crippen LogP) is 6.21. The summed E-state index contributed by atoms with van der Waals surface area (Å²) in [6, 6.07) is 26.0. The van der Waals surface area contributed by atoms with Crippen molar-refractivity contribution in [2.45, 2.75) is 4.90 Å². The molecule has 2 N–H and O–H groups in total. The van der Waals surface area contributed by atoms with Gasteiger partial charge >= 0.3 is 0 Å². The van der Waals surface area contributed by atoms with Gasteiger partial charge in [-0.3, -0.25) is 14.4 Å². The molecule has 0 spiro atoms. The smallest absolute Gasteiger partial charge is 0.283 e. The number of thioether (sulfide) groups is 1. The molecule has 6 nitrogen and oxygen atoms in total. The summed E-state index contributed by atoms with van der Waals surface area (Å²) < 4.78 is 26.9. The van der Waals surface area contributed by atoms with Crippen LogP contribution in [0.3, 0.4) is 0 Å². The molecule has 0 aliphatic carbocycles. The highest BCUT2D eigenvalue weighted by Gasteiger charge is 2.40. The molecule has 5 rings (SSSR count). The van der Waals surface area contributed by atoms with E-state index in [0.29, 0.717) is 21.8 Å². The molecule has 9 heteroatoms. The Bertz CT molecular complexity index is 1540. The molecule has 1 heterocycles. The third-order valence-corrected chi connectivity index (χ3v) is 6.70. The number of anilines is 3. The van der Waals surface area contributed by atoms with E-state index in [-0.39, 0.29) is 22.2 Å². The van der Waals surface area contributed by atoms with Gasteiger partial charge in [0.2, 0.25) is 0 Å². The van der Waals surface area contributed by atoms with Crippen molar-refractivity contribution in [3.05, 3.63) is 131 Å². The van der Waals surface area contributed by atoms with Gasteiger partial charge in [-0.1, -0.05) is 30.0 Å². The largest absolute Gasteiger partial charge is 0.350 e. The van der Waals surface area contributed by atoms with Gasteiger partial charge in [-0.25, -0.2) is 13.7 Å². The average molecular weight is 528 g/mol. The van der Waals surface area contributed by atoms with Crippen LogP contribution in [0.5, 0.6) is 0 Å². The van der Waals surface area contributed by atoms with Crippen LogP contribution in [-0.4, -0.2) is 17.7 Å². The van der Waals surface area contributed by atoms with E-state index in [1.165, 1.54) is 36.4 Å².